The van der Waals surface area contributed by atoms with Crippen molar-refractivity contribution in [2.45, 2.75) is 13.1 Å². The molecule has 26 heavy (non-hydrogen) atoms. The van der Waals surface area contributed by atoms with Crippen LogP contribution in [-0.2, 0) is 13.1 Å². The highest BCUT2D eigenvalue weighted by Crippen LogP contribution is 2.42. The maximum Gasteiger partial charge on any atom is 0.258 e. The van der Waals surface area contributed by atoms with Crippen LogP contribution < -0.4 is 5.32 Å². The van der Waals surface area contributed by atoms with Crippen LogP contribution in [-0.4, -0.2) is 33.1 Å². The summed E-state index contributed by atoms with van der Waals surface area (Å²) in [6.45, 7) is 0.501. The summed E-state index contributed by atoms with van der Waals surface area (Å²) in [7, 11) is 1.77. The van der Waals surface area contributed by atoms with Crippen LogP contribution in [0.25, 0.3) is 10.9 Å². The molecule has 1 amide bonds. The van der Waals surface area contributed by atoms with Crippen molar-refractivity contribution in [2.24, 2.45) is 0 Å². The molecule has 2 aromatic carbocycles. The molecule has 0 bridgehead atoms. The molecule has 7 heteroatoms. The van der Waals surface area contributed by atoms with Gasteiger partial charge in [-0.15, -0.1) is 0 Å². The van der Waals surface area contributed by atoms with Gasteiger partial charge in [0, 0.05) is 47.0 Å². The van der Waals surface area contributed by atoms with E-state index >= 15 is 0 Å². The van der Waals surface area contributed by atoms with Gasteiger partial charge in [0.1, 0.15) is 11.3 Å². The van der Waals surface area contributed by atoms with Crippen molar-refractivity contribution in [3.63, 3.8) is 0 Å². The summed E-state index contributed by atoms with van der Waals surface area (Å²) in [5.41, 5.74) is 2.68. The Bertz CT molecular complexity index is 1050. The van der Waals surface area contributed by atoms with Crippen molar-refractivity contribution in [1.82, 2.24) is 9.88 Å². The summed E-state index contributed by atoms with van der Waals surface area (Å²) in [6, 6.07) is 8.35. The van der Waals surface area contributed by atoms with Gasteiger partial charge in [-0.05, 0) is 30.3 Å². The lowest BCUT2D eigenvalue weighted by Gasteiger charge is -2.17. The number of rotatable bonds is 3. The third kappa shape index (κ3) is 2.42. The largest absolute Gasteiger partial charge is 0.508 e. The summed E-state index contributed by atoms with van der Waals surface area (Å²) in [4.78, 5) is 18.7. The smallest absolute Gasteiger partial charge is 0.258 e. The number of amides is 1. The predicted octanol–water partition coefficient (Wildman–Crippen LogP) is 3.50. The highest BCUT2D eigenvalue weighted by molar-refractivity contribution is 6.30. The first kappa shape index (κ1) is 16.5. The number of nitrogens with zero attached hydrogens (tertiary/aromatic N) is 2. The van der Waals surface area contributed by atoms with Gasteiger partial charge in [0.25, 0.3) is 5.91 Å². The fourth-order valence-corrected chi connectivity index (χ4v) is 3.65. The minimum atomic E-state index is -0.305. The number of aromatic hydroxyl groups is 2. The van der Waals surface area contributed by atoms with E-state index in [0.29, 0.717) is 22.6 Å². The van der Waals surface area contributed by atoms with Crippen LogP contribution in [0.5, 0.6) is 11.5 Å². The van der Waals surface area contributed by atoms with Gasteiger partial charge >= 0.3 is 0 Å². The Balaban J connectivity index is 1.81. The van der Waals surface area contributed by atoms with Crippen molar-refractivity contribution >= 4 is 34.1 Å². The molecule has 132 valence electrons. The number of aromatic nitrogens is 1. The zero-order valence-corrected chi connectivity index (χ0v) is 14.7. The second-order valence-corrected chi connectivity index (χ2v) is 6.60. The molecule has 0 radical (unpaired) electrons. The Labute approximate surface area is 154 Å². The first-order valence-corrected chi connectivity index (χ1v) is 8.46. The van der Waals surface area contributed by atoms with Crippen molar-refractivity contribution in [1.29, 1.82) is 0 Å². The van der Waals surface area contributed by atoms with Crippen molar-refractivity contribution in [3.8, 4) is 11.5 Å². The molecule has 4 rings (SSSR count). The van der Waals surface area contributed by atoms with Gasteiger partial charge in [0.2, 0.25) is 0 Å². The molecule has 1 aromatic heterocycles. The Kier molecular flexibility index (Phi) is 3.85. The van der Waals surface area contributed by atoms with Gasteiger partial charge in [-0.1, -0.05) is 11.6 Å². The zero-order chi connectivity index (χ0) is 18.4. The highest BCUT2D eigenvalue weighted by Gasteiger charge is 2.35. The Morgan fingerprint density at radius 1 is 1.31 bits per heavy atom. The van der Waals surface area contributed by atoms with E-state index in [2.05, 4.69) is 10.3 Å². The minimum Gasteiger partial charge on any atom is -0.508 e. The van der Waals surface area contributed by atoms with Gasteiger partial charge in [0.05, 0.1) is 12.1 Å². The zero-order valence-electron chi connectivity index (χ0n) is 14.0. The molecule has 0 unspecified atom stereocenters. The number of fused-ring (bicyclic) bond motifs is 2. The molecule has 2 heterocycles. The minimum absolute atomic E-state index is 0.0723. The number of phenols is 2. The first-order chi connectivity index (χ1) is 12.5. The topological polar surface area (TPSA) is 85.7 Å². The maximum absolute atomic E-state index is 12.9. The quantitative estimate of drug-likeness (QED) is 0.615. The molecule has 3 aromatic rings. The van der Waals surface area contributed by atoms with Crippen molar-refractivity contribution in [3.05, 3.63) is 58.2 Å². The second kappa shape index (κ2) is 6.07. The van der Waals surface area contributed by atoms with Crippen molar-refractivity contribution in [2.75, 3.05) is 12.4 Å². The van der Waals surface area contributed by atoms with E-state index in [1.165, 1.54) is 6.07 Å². The van der Waals surface area contributed by atoms with Crippen molar-refractivity contribution < 1.29 is 15.0 Å². The number of pyridine rings is 1. The Morgan fingerprint density at radius 2 is 2.12 bits per heavy atom. The van der Waals surface area contributed by atoms with Crippen LogP contribution in [0.2, 0.25) is 5.02 Å². The Hall–Kier alpha value is -2.99. The first-order valence-electron chi connectivity index (χ1n) is 8.08. The van der Waals surface area contributed by atoms with Crippen LogP contribution in [0, 0.1) is 0 Å². The molecule has 1 aliphatic rings. The number of carbonyl (C=O) groups excluding carboxylic acids is 1. The summed E-state index contributed by atoms with van der Waals surface area (Å²) < 4.78 is 0. The molecule has 0 saturated heterocycles. The van der Waals surface area contributed by atoms with Gasteiger partial charge in [-0.3, -0.25) is 9.78 Å². The lowest BCUT2D eigenvalue weighted by molar-refractivity contribution is 0.0764. The molecule has 0 spiro atoms. The maximum atomic E-state index is 12.9. The monoisotopic (exact) mass is 369 g/mol. The molecule has 3 N–H and O–H groups in total. The summed E-state index contributed by atoms with van der Waals surface area (Å²) in [5, 5.41) is 25.0. The highest BCUT2D eigenvalue weighted by atomic mass is 35.5. The van der Waals surface area contributed by atoms with Gasteiger partial charge in [0.15, 0.2) is 5.75 Å². The van der Waals surface area contributed by atoms with E-state index in [9.17, 15) is 15.0 Å². The molecule has 6 nitrogen and oxygen atoms in total. The van der Waals surface area contributed by atoms with Crippen LogP contribution in [0.3, 0.4) is 0 Å². The van der Waals surface area contributed by atoms with E-state index in [4.69, 9.17) is 11.6 Å². The van der Waals surface area contributed by atoms with Crippen LogP contribution in [0.1, 0.15) is 21.5 Å². The average molecular weight is 370 g/mol. The molecular weight excluding hydrogens is 354 g/mol. The number of hydrogen-bond donors (Lipinski definition) is 3. The lowest BCUT2D eigenvalue weighted by atomic mass is 10.0. The molecular formula is C19H16ClN3O3. The number of phenolic OH excluding ortho intramolecular Hbond substituents is 2. The Morgan fingerprint density at radius 3 is 2.88 bits per heavy atom. The van der Waals surface area contributed by atoms with Gasteiger partial charge in [-0.25, -0.2) is 0 Å². The van der Waals surface area contributed by atoms with E-state index in [1.807, 2.05) is 6.07 Å². The molecule has 0 fully saturated rings. The number of halogens is 1. The molecule has 0 atom stereocenters. The van der Waals surface area contributed by atoms with Gasteiger partial charge in [-0.2, -0.15) is 0 Å². The van der Waals surface area contributed by atoms with E-state index in [-0.39, 0.29) is 29.5 Å². The number of nitrogens with one attached hydrogen (secondary N) is 1. The second-order valence-electron chi connectivity index (χ2n) is 6.16. The standard InChI is InChI=1S/C19H16ClN3O3/c1-21-16-12-3-2-6-22-17(12)18(25)15-13(16)9-23(19(15)26)8-10-7-11(20)4-5-14(10)24/h2-7,21,24-25H,8-9H2,1H3. The van der Waals surface area contributed by atoms with Gasteiger partial charge < -0.3 is 20.4 Å². The summed E-state index contributed by atoms with van der Waals surface area (Å²) in [5.74, 6) is -0.346. The predicted molar refractivity (Wildman–Crippen MR) is 99.6 cm³/mol. The fourth-order valence-electron chi connectivity index (χ4n) is 3.45. The number of hydrogen-bond acceptors (Lipinski definition) is 5. The fraction of sp³-hybridized carbons (Fsp3) is 0.158. The number of carbonyl (C=O) groups is 1. The number of benzene rings is 2. The molecule has 1 aliphatic heterocycles. The SMILES string of the molecule is CNc1c2c(c(O)c3ncccc13)C(=O)N(Cc1cc(Cl)ccc1O)C2. The van der Waals surface area contributed by atoms with E-state index in [1.54, 1.807) is 36.3 Å². The normalized spacial score (nSPS) is 13.3. The third-order valence-electron chi connectivity index (χ3n) is 4.64. The van der Waals surface area contributed by atoms with Crippen LogP contribution in [0.15, 0.2) is 36.5 Å². The molecule has 0 aliphatic carbocycles. The van der Waals surface area contributed by atoms with E-state index < -0.39 is 0 Å². The number of anilines is 1. The average Bonchev–Trinajstić information content (AvgIpc) is 2.95. The van der Waals surface area contributed by atoms with Crippen LogP contribution >= 0.6 is 11.6 Å². The summed E-state index contributed by atoms with van der Waals surface area (Å²) >= 11 is 6.00. The summed E-state index contributed by atoms with van der Waals surface area (Å²) in [6.07, 6.45) is 1.58. The molecule has 0 saturated carbocycles. The van der Waals surface area contributed by atoms with E-state index in [0.717, 1.165) is 16.6 Å². The lowest BCUT2D eigenvalue weighted by Crippen LogP contribution is -2.23. The van der Waals surface area contributed by atoms with Crippen LogP contribution in [0.4, 0.5) is 5.69 Å². The third-order valence-corrected chi connectivity index (χ3v) is 4.88.